The van der Waals surface area contributed by atoms with Crippen LogP contribution < -0.4 is 16.0 Å². The van der Waals surface area contributed by atoms with Gasteiger partial charge in [0.1, 0.15) is 11.4 Å². The summed E-state index contributed by atoms with van der Waals surface area (Å²) in [5.74, 6) is 0.515. The number of aliphatic hydroxyl groups excluding tert-OH is 1. The van der Waals surface area contributed by atoms with Crippen LogP contribution >= 0.6 is 0 Å². The lowest BCUT2D eigenvalue weighted by Crippen LogP contribution is -2.29. The molecule has 2 aromatic heterocycles. The molecule has 2 amide bonds. The van der Waals surface area contributed by atoms with Gasteiger partial charge in [0.15, 0.2) is 0 Å². The highest BCUT2D eigenvalue weighted by atomic mass is 16.3. The van der Waals surface area contributed by atoms with E-state index in [4.69, 9.17) is 0 Å². The van der Waals surface area contributed by atoms with Crippen molar-refractivity contribution in [3.63, 3.8) is 0 Å². The number of likely N-dealkylation sites (tertiary alicyclic amines) is 1. The number of nitrogens with zero attached hydrogens (tertiary/aromatic N) is 3. The van der Waals surface area contributed by atoms with Crippen molar-refractivity contribution in [1.82, 2.24) is 20.2 Å². The first-order chi connectivity index (χ1) is 24.8. The van der Waals surface area contributed by atoms with Crippen LogP contribution in [0.3, 0.4) is 0 Å². The zero-order valence-corrected chi connectivity index (χ0v) is 30.1. The highest BCUT2D eigenvalue weighted by Gasteiger charge is 2.29. The first-order valence-electron chi connectivity index (χ1n) is 18.7. The van der Waals surface area contributed by atoms with Gasteiger partial charge in [0.2, 0.25) is 0 Å². The van der Waals surface area contributed by atoms with Crippen LogP contribution in [0.5, 0.6) is 0 Å². The number of rotatable bonds is 13. The smallest absolute Gasteiger partial charge is 0.274 e. The third kappa shape index (κ3) is 8.22. The fourth-order valence-electron chi connectivity index (χ4n) is 7.28. The predicted molar refractivity (Wildman–Crippen MR) is 202 cm³/mol. The quantitative estimate of drug-likeness (QED) is 0.115. The number of pyridine rings is 2. The van der Waals surface area contributed by atoms with Gasteiger partial charge in [-0.3, -0.25) is 24.5 Å². The summed E-state index contributed by atoms with van der Waals surface area (Å²) in [7, 11) is 0. The molecule has 2 aliphatic carbocycles. The van der Waals surface area contributed by atoms with E-state index >= 15 is 0 Å². The molecule has 0 unspecified atom stereocenters. The van der Waals surface area contributed by atoms with E-state index < -0.39 is 0 Å². The van der Waals surface area contributed by atoms with Crippen LogP contribution in [-0.2, 0) is 13.1 Å². The van der Waals surface area contributed by atoms with E-state index in [0.29, 0.717) is 35.5 Å². The van der Waals surface area contributed by atoms with Crippen LogP contribution in [0.2, 0.25) is 0 Å². The van der Waals surface area contributed by atoms with Crippen molar-refractivity contribution in [2.24, 2.45) is 0 Å². The number of nitrogens with one attached hydrogen (secondary N) is 3. The zero-order chi connectivity index (χ0) is 35.5. The molecule has 3 fully saturated rings. The van der Waals surface area contributed by atoms with Crippen molar-refractivity contribution in [1.29, 1.82) is 0 Å². The van der Waals surface area contributed by atoms with Gasteiger partial charge in [0.25, 0.3) is 11.8 Å². The molecule has 1 saturated heterocycles. The molecule has 4 aromatic rings. The molecule has 0 spiro atoms. The van der Waals surface area contributed by atoms with E-state index in [9.17, 15) is 14.7 Å². The number of hydrogen-bond acceptors (Lipinski definition) is 7. The Morgan fingerprint density at radius 2 is 1.29 bits per heavy atom. The monoisotopic (exact) mass is 686 g/mol. The average Bonchev–Trinajstić information content (AvgIpc) is 4.08. The fraction of sp³-hybridized carbons (Fsp3) is 0.429. The Labute approximate surface area is 301 Å². The maximum absolute atomic E-state index is 13.6. The van der Waals surface area contributed by atoms with Crippen molar-refractivity contribution < 1.29 is 14.7 Å². The molecule has 0 bridgehead atoms. The Bertz CT molecular complexity index is 1910. The fourth-order valence-corrected chi connectivity index (χ4v) is 7.28. The summed E-state index contributed by atoms with van der Waals surface area (Å²) in [5, 5.41) is 19.0. The molecule has 3 aliphatic rings. The van der Waals surface area contributed by atoms with Crippen LogP contribution in [0.1, 0.15) is 118 Å². The molecule has 2 aromatic carbocycles. The number of benzene rings is 2. The average molecular weight is 687 g/mol. The van der Waals surface area contributed by atoms with Gasteiger partial charge >= 0.3 is 0 Å². The summed E-state index contributed by atoms with van der Waals surface area (Å²) in [6, 6.07) is 15.8. The minimum Gasteiger partial charge on any atom is -0.395 e. The maximum atomic E-state index is 13.6. The highest BCUT2D eigenvalue weighted by molar-refractivity contribution is 6.05. The third-order valence-corrected chi connectivity index (χ3v) is 10.8. The molecule has 3 heterocycles. The molecule has 9 heteroatoms. The number of aliphatic hydroxyl groups is 1. The summed E-state index contributed by atoms with van der Waals surface area (Å²) in [5.41, 5.74) is 10.9. The summed E-state index contributed by atoms with van der Waals surface area (Å²) in [6.45, 7) is 9.80. The van der Waals surface area contributed by atoms with E-state index in [1.807, 2.05) is 75.5 Å². The Hall–Kier alpha value is -4.44. The van der Waals surface area contributed by atoms with Crippen molar-refractivity contribution >= 4 is 23.2 Å². The SMILES string of the molecule is Cc1c(NC(=O)c2cc(C3CC3)c(CN[C@H](C)CO)cn2)cccc1-c1cccc(NC(=O)c2cc(C3CC3)c(CN3CCCCC3)cn2)c1C. The Morgan fingerprint density at radius 3 is 1.80 bits per heavy atom. The van der Waals surface area contributed by atoms with Gasteiger partial charge in [-0.05, 0) is 153 Å². The van der Waals surface area contributed by atoms with Gasteiger partial charge in [0.05, 0.1) is 6.61 Å². The Kier molecular flexibility index (Phi) is 10.6. The molecule has 4 N–H and O–H groups in total. The summed E-state index contributed by atoms with van der Waals surface area (Å²) in [4.78, 5) is 38.8. The Morgan fingerprint density at radius 1 is 0.784 bits per heavy atom. The van der Waals surface area contributed by atoms with Crippen LogP contribution in [0.25, 0.3) is 11.1 Å². The lowest BCUT2D eigenvalue weighted by atomic mass is 9.94. The van der Waals surface area contributed by atoms with Crippen LogP contribution in [0, 0.1) is 13.8 Å². The number of aromatic nitrogens is 2. The molecule has 0 radical (unpaired) electrons. The van der Waals surface area contributed by atoms with Crippen molar-refractivity contribution in [2.75, 3.05) is 30.3 Å². The van der Waals surface area contributed by atoms with Crippen LogP contribution in [-0.4, -0.2) is 57.5 Å². The number of piperidine rings is 1. The topological polar surface area (TPSA) is 119 Å². The molecule has 1 aliphatic heterocycles. The van der Waals surface area contributed by atoms with E-state index in [1.165, 1.54) is 43.2 Å². The summed E-state index contributed by atoms with van der Waals surface area (Å²) in [6.07, 6.45) is 12.1. The second-order valence-corrected chi connectivity index (χ2v) is 14.8. The largest absolute Gasteiger partial charge is 0.395 e. The molecular weight excluding hydrogens is 637 g/mol. The first kappa shape index (κ1) is 35.0. The van der Waals surface area contributed by atoms with E-state index in [-0.39, 0.29) is 24.5 Å². The van der Waals surface area contributed by atoms with Crippen LogP contribution in [0.15, 0.2) is 60.9 Å². The molecule has 2 saturated carbocycles. The van der Waals surface area contributed by atoms with Crippen molar-refractivity contribution in [3.05, 3.63) is 106 Å². The van der Waals surface area contributed by atoms with Gasteiger partial charge in [-0.1, -0.05) is 30.7 Å². The van der Waals surface area contributed by atoms with Crippen LogP contribution in [0.4, 0.5) is 11.4 Å². The number of amides is 2. The van der Waals surface area contributed by atoms with E-state index in [2.05, 4.69) is 30.8 Å². The van der Waals surface area contributed by atoms with E-state index in [0.717, 1.165) is 71.5 Å². The van der Waals surface area contributed by atoms with Gasteiger partial charge in [-0.25, -0.2) is 0 Å². The zero-order valence-electron chi connectivity index (χ0n) is 30.1. The molecule has 9 nitrogen and oxygen atoms in total. The lowest BCUT2D eigenvalue weighted by Gasteiger charge is -2.27. The first-order valence-corrected chi connectivity index (χ1v) is 18.7. The minimum atomic E-state index is -0.252. The van der Waals surface area contributed by atoms with Crippen molar-refractivity contribution in [3.8, 4) is 11.1 Å². The number of anilines is 2. The predicted octanol–water partition coefficient (Wildman–Crippen LogP) is 7.48. The maximum Gasteiger partial charge on any atom is 0.274 e. The van der Waals surface area contributed by atoms with Gasteiger partial charge < -0.3 is 21.1 Å². The minimum absolute atomic E-state index is 0.0143. The summed E-state index contributed by atoms with van der Waals surface area (Å²) >= 11 is 0. The molecule has 51 heavy (non-hydrogen) atoms. The van der Waals surface area contributed by atoms with Gasteiger partial charge in [-0.15, -0.1) is 0 Å². The molecule has 1 atom stereocenters. The normalized spacial score (nSPS) is 16.9. The van der Waals surface area contributed by atoms with E-state index in [1.54, 1.807) is 6.20 Å². The number of carbonyl (C=O) groups is 2. The Balaban J connectivity index is 1.07. The second-order valence-electron chi connectivity index (χ2n) is 14.8. The molecular formula is C42H50N6O3. The second kappa shape index (κ2) is 15.4. The van der Waals surface area contributed by atoms with Gasteiger partial charge in [-0.2, -0.15) is 0 Å². The molecule has 7 rings (SSSR count). The lowest BCUT2D eigenvalue weighted by molar-refractivity contribution is 0.101. The number of hydrogen-bond donors (Lipinski definition) is 4. The molecule has 266 valence electrons. The third-order valence-electron chi connectivity index (χ3n) is 10.8. The standard InChI is InChI=1S/C42H50N6O3/c1-26(25-49)43-21-31-22-44-39(19-35(31)29-13-14-29)41(50)46-37-11-7-9-33(27(37)2)34-10-8-12-38(28(34)3)47-42(51)40-20-36(30-15-16-30)32(23-45-40)24-48-17-5-4-6-18-48/h7-12,19-20,22-23,26,29-30,43,49H,4-6,13-18,21,24-25H2,1-3H3,(H,46,50)(H,47,51)/t26-/m1/s1. The summed E-state index contributed by atoms with van der Waals surface area (Å²) < 4.78 is 0. The van der Waals surface area contributed by atoms with Gasteiger partial charge in [0, 0.05) is 42.9 Å². The number of carbonyl (C=O) groups excluding carboxylic acids is 2. The van der Waals surface area contributed by atoms with Crippen molar-refractivity contribution in [2.45, 2.75) is 96.7 Å². The highest BCUT2D eigenvalue weighted by Crippen LogP contribution is 2.43.